The lowest BCUT2D eigenvalue weighted by Gasteiger charge is -1.98. The summed E-state index contributed by atoms with van der Waals surface area (Å²) in [5.74, 6) is 1.16. The first kappa shape index (κ1) is 15.8. The normalized spacial score (nSPS) is 11.0. The number of anilines is 1. The van der Waals surface area contributed by atoms with Crippen LogP contribution in [0.3, 0.4) is 0 Å². The van der Waals surface area contributed by atoms with Crippen molar-refractivity contribution >= 4 is 29.6 Å². The third-order valence-corrected chi connectivity index (χ3v) is 3.55. The number of benzene rings is 1. The van der Waals surface area contributed by atoms with Crippen molar-refractivity contribution in [2.75, 3.05) is 11.2 Å². The molecule has 1 aromatic heterocycles. The number of nitrogens with one attached hydrogen (secondary N) is 2. The van der Waals surface area contributed by atoms with Crippen LogP contribution in [0, 0.1) is 10.1 Å². The van der Waals surface area contributed by atoms with Crippen LogP contribution >= 0.6 is 11.8 Å². The van der Waals surface area contributed by atoms with E-state index in [0.29, 0.717) is 11.1 Å². The first-order valence-electron chi connectivity index (χ1n) is 6.42. The fourth-order valence-corrected chi connectivity index (χ4v) is 2.13. The van der Waals surface area contributed by atoms with Crippen molar-refractivity contribution in [1.82, 2.24) is 15.2 Å². The molecule has 1 aromatic carbocycles. The van der Waals surface area contributed by atoms with Crippen LogP contribution in [0.1, 0.15) is 18.9 Å². The van der Waals surface area contributed by atoms with Gasteiger partial charge in [-0.3, -0.25) is 10.1 Å². The standard InChI is InChI=1S/C12H14N6O3S/c1-2-5-22-12-14-11(16-17-12)15-13-7-8-6-9(18(20)21)3-4-10(8)19/h3-4,6-7,19H,2,5H2,1H3,(H2,14,15,16,17)/b13-7-. The van der Waals surface area contributed by atoms with Crippen LogP contribution in [0.15, 0.2) is 28.5 Å². The summed E-state index contributed by atoms with van der Waals surface area (Å²) in [4.78, 5) is 14.3. The zero-order chi connectivity index (χ0) is 15.9. The minimum Gasteiger partial charge on any atom is -0.507 e. The highest BCUT2D eigenvalue weighted by Crippen LogP contribution is 2.21. The molecule has 0 aliphatic rings. The van der Waals surface area contributed by atoms with Crippen molar-refractivity contribution in [3.63, 3.8) is 0 Å². The molecule has 116 valence electrons. The lowest BCUT2D eigenvalue weighted by Crippen LogP contribution is -1.94. The lowest BCUT2D eigenvalue weighted by molar-refractivity contribution is -0.384. The summed E-state index contributed by atoms with van der Waals surface area (Å²) < 4.78 is 0. The Morgan fingerprint density at radius 2 is 2.41 bits per heavy atom. The highest BCUT2D eigenvalue weighted by Gasteiger charge is 2.08. The molecule has 1 heterocycles. The molecule has 22 heavy (non-hydrogen) atoms. The van der Waals surface area contributed by atoms with Crippen molar-refractivity contribution in [2.45, 2.75) is 18.5 Å². The van der Waals surface area contributed by atoms with Crippen LogP contribution in [0.4, 0.5) is 11.6 Å². The smallest absolute Gasteiger partial charge is 0.270 e. The number of nitrogens with zero attached hydrogens (tertiary/aromatic N) is 4. The number of aromatic nitrogens is 3. The van der Waals surface area contributed by atoms with Crippen LogP contribution < -0.4 is 5.43 Å². The number of nitro groups is 1. The Morgan fingerprint density at radius 1 is 1.59 bits per heavy atom. The van der Waals surface area contributed by atoms with Crippen molar-refractivity contribution in [1.29, 1.82) is 0 Å². The average Bonchev–Trinajstić information content (AvgIpc) is 2.94. The Morgan fingerprint density at radius 3 is 3.14 bits per heavy atom. The molecule has 0 amide bonds. The quantitative estimate of drug-likeness (QED) is 0.309. The van der Waals surface area contributed by atoms with E-state index in [1.54, 1.807) is 0 Å². The molecule has 0 atom stereocenters. The topological polar surface area (TPSA) is 129 Å². The van der Waals surface area contributed by atoms with E-state index in [2.05, 4.69) is 32.6 Å². The van der Waals surface area contributed by atoms with Gasteiger partial charge in [-0.1, -0.05) is 18.7 Å². The molecule has 3 N–H and O–H groups in total. The Balaban J connectivity index is 2.01. The monoisotopic (exact) mass is 322 g/mol. The molecule has 9 nitrogen and oxygen atoms in total. The SMILES string of the molecule is CCCSc1n[nH]c(N/N=C\c2cc([N+](=O)[O-])ccc2O)n1. The van der Waals surface area contributed by atoms with Gasteiger partial charge in [0, 0.05) is 23.4 Å². The molecule has 0 radical (unpaired) electrons. The zero-order valence-corrected chi connectivity index (χ0v) is 12.5. The molecule has 0 unspecified atom stereocenters. The third-order valence-electron chi connectivity index (χ3n) is 2.50. The Labute approximate surface area is 130 Å². The summed E-state index contributed by atoms with van der Waals surface area (Å²) in [5, 5.41) is 31.5. The number of phenolic OH excluding ortho intramolecular Hbond substituents is 1. The second kappa shape index (κ2) is 7.41. The minimum atomic E-state index is -0.544. The summed E-state index contributed by atoms with van der Waals surface area (Å²) in [7, 11) is 0. The van der Waals surface area contributed by atoms with E-state index in [9.17, 15) is 15.2 Å². The number of hydrogen-bond acceptors (Lipinski definition) is 8. The van der Waals surface area contributed by atoms with Gasteiger partial charge in [0.25, 0.3) is 5.69 Å². The number of aromatic amines is 1. The van der Waals surface area contributed by atoms with Crippen molar-refractivity contribution in [3.05, 3.63) is 33.9 Å². The Kier molecular flexibility index (Phi) is 5.31. The fourth-order valence-electron chi connectivity index (χ4n) is 1.48. The highest BCUT2D eigenvalue weighted by atomic mass is 32.2. The van der Waals surface area contributed by atoms with Gasteiger partial charge in [-0.15, -0.1) is 5.10 Å². The van der Waals surface area contributed by atoms with Crippen molar-refractivity contribution in [3.8, 4) is 5.75 Å². The number of thioether (sulfide) groups is 1. The molecule has 2 aromatic rings. The van der Waals surface area contributed by atoms with Gasteiger partial charge in [0.05, 0.1) is 11.1 Å². The predicted octanol–water partition coefficient (Wildman–Crippen LogP) is 2.37. The second-order valence-corrected chi connectivity index (χ2v) is 5.25. The number of hydrazone groups is 1. The fraction of sp³-hybridized carbons (Fsp3) is 0.250. The summed E-state index contributed by atoms with van der Waals surface area (Å²) in [6, 6.07) is 3.69. The van der Waals surface area contributed by atoms with E-state index in [4.69, 9.17) is 0 Å². The maximum atomic E-state index is 10.7. The molecular formula is C12H14N6O3S. The van der Waals surface area contributed by atoms with Gasteiger partial charge >= 0.3 is 0 Å². The Bertz CT molecular complexity index is 687. The van der Waals surface area contributed by atoms with Crippen LogP contribution in [0.2, 0.25) is 0 Å². The third kappa shape index (κ3) is 4.19. The number of rotatable bonds is 7. The number of hydrogen-bond donors (Lipinski definition) is 3. The van der Waals surface area contributed by atoms with Gasteiger partial charge in [0.15, 0.2) is 0 Å². The molecular weight excluding hydrogens is 308 g/mol. The number of non-ortho nitro benzene ring substituents is 1. The zero-order valence-electron chi connectivity index (χ0n) is 11.7. The van der Waals surface area contributed by atoms with Crippen LogP contribution in [0.5, 0.6) is 5.75 Å². The summed E-state index contributed by atoms with van der Waals surface area (Å²) >= 11 is 1.52. The molecule has 0 fully saturated rings. The molecule has 0 bridgehead atoms. The van der Waals surface area contributed by atoms with E-state index < -0.39 is 4.92 Å². The van der Waals surface area contributed by atoms with E-state index in [-0.39, 0.29) is 17.0 Å². The predicted molar refractivity (Wildman–Crippen MR) is 83.4 cm³/mol. The Hall–Kier alpha value is -2.62. The molecule has 0 spiro atoms. The summed E-state index contributed by atoms with van der Waals surface area (Å²) in [6.45, 7) is 2.06. The van der Waals surface area contributed by atoms with Gasteiger partial charge in [-0.05, 0) is 12.5 Å². The molecule has 2 rings (SSSR count). The van der Waals surface area contributed by atoms with E-state index >= 15 is 0 Å². The van der Waals surface area contributed by atoms with Gasteiger partial charge in [0.1, 0.15) is 5.75 Å². The first-order chi connectivity index (χ1) is 10.6. The first-order valence-corrected chi connectivity index (χ1v) is 7.40. The van der Waals surface area contributed by atoms with Gasteiger partial charge in [-0.2, -0.15) is 10.1 Å². The lowest BCUT2D eigenvalue weighted by atomic mass is 10.2. The molecule has 0 aliphatic carbocycles. The maximum Gasteiger partial charge on any atom is 0.270 e. The number of H-pyrrole nitrogens is 1. The second-order valence-electron chi connectivity index (χ2n) is 4.19. The highest BCUT2D eigenvalue weighted by molar-refractivity contribution is 7.99. The van der Waals surface area contributed by atoms with E-state index in [1.165, 1.54) is 36.2 Å². The van der Waals surface area contributed by atoms with Crippen molar-refractivity contribution in [2.24, 2.45) is 5.10 Å². The molecule has 0 aliphatic heterocycles. The minimum absolute atomic E-state index is 0.104. The van der Waals surface area contributed by atoms with E-state index in [1.807, 2.05) is 0 Å². The van der Waals surface area contributed by atoms with Crippen LogP contribution in [-0.4, -0.2) is 37.2 Å². The maximum absolute atomic E-state index is 10.7. The number of nitro benzene ring substituents is 1. The largest absolute Gasteiger partial charge is 0.507 e. The van der Waals surface area contributed by atoms with Crippen LogP contribution in [-0.2, 0) is 0 Å². The van der Waals surface area contributed by atoms with Crippen molar-refractivity contribution < 1.29 is 10.0 Å². The molecule has 0 saturated heterocycles. The average molecular weight is 322 g/mol. The summed E-state index contributed by atoms with van der Waals surface area (Å²) in [6.07, 6.45) is 2.29. The van der Waals surface area contributed by atoms with Crippen LogP contribution in [0.25, 0.3) is 0 Å². The summed E-state index contributed by atoms with van der Waals surface area (Å²) in [5.41, 5.74) is 2.71. The van der Waals surface area contributed by atoms with E-state index in [0.717, 1.165) is 12.2 Å². The van der Waals surface area contributed by atoms with Gasteiger partial charge < -0.3 is 5.11 Å². The number of aromatic hydroxyl groups is 1. The van der Waals surface area contributed by atoms with Gasteiger partial charge in [0.2, 0.25) is 11.1 Å². The van der Waals surface area contributed by atoms with Gasteiger partial charge in [-0.25, -0.2) is 10.5 Å². The molecule has 0 saturated carbocycles. The number of phenols is 1. The molecule has 10 heteroatoms.